The number of benzene rings is 1. The summed E-state index contributed by atoms with van der Waals surface area (Å²) in [4.78, 5) is 4.45. The lowest BCUT2D eigenvalue weighted by molar-refractivity contribution is 0.0368. The molecule has 0 radical (unpaired) electrons. The molecule has 7 heteroatoms. The summed E-state index contributed by atoms with van der Waals surface area (Å²) in [5.41, 5.74) is 1.25. The molecule has 2 atom stereocenters. The van der Waals surface area contributed by atoms with Crippen molar-refractivity contribution in [2.24, 2.45) is 10.9 Å². The highest BCUT2D eigenvalue weighted by atomic mass is 127. The lowest BCUT2D eigenvalue weighted by atomic mass is 10.1. The highest BCUT2D eigenvalue weighted by Crippen LogP contribution is 2.29. The second-order valence-corrected chi connectivity index (χ2v) is 6.79. The molecule has 1 aliphatic heterocycles. The standard InChI is InChI=1S/C19H29N3O3.HI/c1-2-20-19(21-10-16(23)13-24-12-14-7-8-14)22-11-17-9-15-5-3-4-6-18(15)25-17;/h3-6,14,16-17,23H,2,7-13H2,1H3,(H2,20,21,22);1H. The van der Waals surface area contributed by atoms with Gasteiger partial charge in [0.15, 0.2) is 5.96 Å². The Morgan fingerprint density at radius 2 is 2.15 bits per heavy atom. The van der Waals surface area contributed by atoms with Gasteiger partial charge in [-0.2, -0.15) is 0 Å². The molecule has 1 aliphatic carbocycles. The Bertz CT molecular complexity index is 556. The number of ether oxygens (including phenoxy) is 2. The molecule has 1 fully saturated rings. The maximum absolute atomic E-state index is 9.99. The summed E-state index contributed by atoms with van der Waals surface area (Å²) in [6, 6.07) is 8.14. The maximum atomic E-state index is 9.99. The number of para-hydroxylation sites is 1. The molecule has 0 amide bonds. The normalized spacial score (nSPS) is 19.9. The monoisotopic (exact) mass is 475 g/mol. The van der Waals surface area contributed by atoms with Gasteiger partial charge >= 0.3 is 0 Å². The van der Waals surface area contributed by atoms with E-state index >= 15 is 0 Å². The third kappa shape index (κ3) is 6.92. The van der Waals surface area contributed by atoms with Gasteiger partial charge in [-0.25, -0.2) is 0 Å². The smallest absolute Gasteiger partial charge is 0.191 e. The molecule has 3 N–H and O–H groups in total. The van der Waals surface area contributed by atoms with E-state index in [1.807, 2.05) is 25.1 Å². The van der Waals surface area contributed by atoms with Gasteiger partial charge in [-0.3, -0.25) is 4.99 Å². The molecule has 146 valence electrons. The van der Waals surface area contributed by atoms with Crippen LogP contribution >= 0.6 is 24.0 Å². The minimum absolute atomic E-state index is 0. The number of halogens is 1. The van der Waals surface area contributed by atoms with Gasteiger partial charge in [0.05, 0.1) is 25.8 Å². The van der Waals surface area contributed by atoms with Gasteiger partial charge in [-0.15, -0.1) is 24.0 Å². The van der Waals surface area contributed by atoms with Crippen LogP contribution in [-0.4, -0.2) is 56.1 Å². The topological polar surface area (TPSA) is 75.1 Å². The summed E-state index contributed by atoms with van der Waals surface area (Å²) in [6.07, 6.45) is 2.96. The maximum Gasteiger partial charge on any atom is 0.191 e. The summed E-state index contributed by atoms with van der Waals surface area (Å²) >= 11 is 0. The first kappa shape index (κ1) is 21.2. The molecule has 0 bridgehead atoms. The van der Waals surface area contributed by atoms with Crippen LogP contribution in [0, 0.1) is 5.92 Å². The lowest BCUT2D eigenvalue weighted by Crippen LogP contribution is -2.42. The molecule has 1 aromatic rings. The van der Waals surface area contributed by atoms with Crippen LogP contribution in [-0.2, 0) is 11.2 Å². The van der Waals surface area contributed by atoms with Crippen molar-refractivity contribution in [3.63, 3.8) is 0 Å². The first-order valence-electron chi connectivity index (χ1n) is 9.27. The summed E-state index contributed by atoms with van der Waals surface area (Å²) in [7, 11) is 0. The molecule has 2 aliphatic rings. The number of fused-ring (bicyclic) bond motifs is 1. The van der Waals surface area contributed by atoms with Crippen molar-refractivity contribution >= 4 is 29.9 Å². The number of rotatable bonds is 9. The number of hydrogen-bond donors (Lipinski definition) is 3. The van der Waals surface area contributed by atoms with Crippen LogP contribution in [0.15, 0.2) is 29.3 Å². The van der Waals surface area contributed by atoms with Crippen LogP contribution in [0.2, 0.25) is 0 Å². The van der Waals surface area contributed by atoms with Gasteiger partial charge in [-0.05, 0) is 37.3 Å². The van der Waals surface area contributed by atoms with Crippen molar-refractivity contribution < 1.29 is 14.6 Å². The molecule has 1 heterocycles. The van der Waals surface area contributed by atoms with E-state index in [0.29, 0.717) is 31.6 Å². The Morgan fingerprint density at radius 3 is 2.88 bits per heavy atom. The van der Waals surface area contributed by atoms with Gasteiger partial charge in [0.25, 0.3) is 0 Å². The van der Waals surface area contributed by atoms with E-state index in [9.17, 15) is 5.11 Å². The number of aliphatic imine (C=N–C) groups is 1. The van der Waals surface area contributed by atoms with E-state index in [1.165, 1.54) is 18.4 Å². The summed E-state index contributed by atoms with van der Waals surface area (Å²) in [5, 5.41) is 16.5. The molecule has 2 unspecified atom stereocenters. The Morgan fingerprint density at radius 1 is 1.35 bits per heavy atom. The first-order chi connectivity index (χ1) is 12.2. The summed E-state index contributed by atoms with van der Waals surface area (Å²) in [6.45, 7) is 4.90. The van der Waals surface area contributed by atoms with Crippen LogP contribution in [0.3, 0.4) is 0 Å². The number of aliphatic hydroxyl groups excluding tert-OH is 1. The highest BCUT2D eigenvalue weighted by molar-refractivity contribution is 14.0. The number of nitrogens with one attached hydrogen (secondary N) is 2. The van der Waals surface area contributed by atoms with Gasteiger partial charge in [0.2, 0.25) is 0 Å². The van der Waals surface area contributed by atoms with Crippen molar-refractivity contribution in [1.82, 2.24) is 10.6 Å². The highest BCUT2D eigenvalue weighted by Gasteiger charge is 2.23. The van der Waals surface area contributed by atoms with Crippen molar-refractivity contribution in [2.45, 2.75) is 38.4 Å². The fourth-order valence-electron chi connectivity index (χ4n) is 2.82. The summed E-state index contributed by atoms with van der Waals surface area (Å²) < 4.78 is 11.4. The van der Waals surface area contributed by atoms with Crippen LogP contribution in [0.1, 0.15) is 25.3 Å². The lowest BCUT2D eigenvalue weighted by Gasteiger charge is -2.16. The quantitative estimate of drug-likeness (QED) is 0.289. The van der Waals surface area contributed by atoms with E-state index < -0.39 is 6.10 Å². The Hall–Kier alpha value is -1.06. The SMILES string of the molecule is CCNC(=NCC(O)COCC1CC1)NCC1Cc2ccccc2O1.I. The molecule has 0 spiro atoms. The van der Waals surface area contributed by atoms with E-state index in [2.05, 4.69) is 21.7 Å². The number of hydrogen-bond acceptors (Lipinski definition) is 4. The second kappa shape index (κ2) is 10.9. The van der Waals surface area contributed by atoms with Crippen molar-refractivity contribution in [3.05, 3.63) is 29.8 Å². The largest absolute Gasteiger partial charge is 0.488 e. The predicted molar refractivity (Wildman–Crippen MR) is 114 cm³/mol. The van der Waals surface area contributed by atoms with E-state index in [1.54, 1.807) is 0 Å². The average molecular weight is 475 g/mol. The number of nitrogens with zero attached hydrogens (tertiary/aromatic N) is 1. The van der Waals surface area contributed by atoms with Crippen LogP contribution < -0.4 is 15.4 Å². The molecule has 0 aromatic heterocycles. The van der Waals surface area contributed by atoms with Crippen LogP contribution in [0.5, 0.6) is 5.75 Å². The van der Waals surface area contributed by atoms with Gasteiger partial charge in [0, 0.05) is 19.6 Å². The Labute approximate surface area is 172 Å². The first-order valence-corrected chi connectivity index (χ1v) is 9.27. The average Bonchev–Trinajstić information content (AvgIpc) is 3.34. The zero-order chi connectivity index (χ0) is 17.5. The molecule has 1 aromatic carbocycles. The second-order valence-electron chi connectivity index (χ2n) is 6.79. The van der Waals surface area contributed by atoms with Crippen molar-refractivity contribution in [3.8, 4) is 5.75 Å². The molecular formula is C19H30IN3O3. The van der Waals surface area contributed by atoms with E-state index in [4.69, 9.17) is 9.47 Å². The van der Waals surface area contributed by atoms with E-state index in [-0.39, 0.29) is 30.1 Å². The third-order valence-electron chi connectivity index (χ3n) is 4.38. The fourth-order valence-corrected chi connectivity index (χ4v) is 2.82. The molecule has 0 saturated heterocycles. The van der Waals surface area contributed by atoms with Crippen LogP contribution in [0.4, 0.5) is 0 Å². The van der Waals surface area contributed by atoms with Crippen molar-refractivity contribution in [2.75, 3.05) is 32.8 Å². The fraction of sp³-hybridized carbons (Fsp3) is 0.632. The molecule has 26 heavy (non-hydrogen) atoms. The third-order valence-corrected chi connectivity index (χ3v) is 4.38. The molecule has 3 rings (SSSR count). The Balaban J connectivity index is 0.00000243. The van der Waals surface area contributed by atoms with Crippen LogP contribution in [0.25, 0.3) is 0 Å². The van der Waals surface area contributed by atoms with Gasteiger partial charge in [0.1, 0.15) is 11.9 Å². The number of guanidine groups is 1. The van der Waals surface area contributed by atoms with Gasteiger partial charge in [-0.1, -0.05) is 18.2 Å². The Kier molecular flexibility index (Phi) is 8.94. The van der Waals surface area contributed by atoms with Crippen molar-refractivity contribution in [1.29, 1.82) is 0 Å². The zero-order valence-corrected chi connectivity index (χ0v) is 17.6. The number of aliphatic hydroxyl groups is 1. The van der Waals surface area contributed by atoms with Gasteiger partial charge < -0.3 is 25.2 Å². The minimum atomic E-state index is -0.568. The molecule has 6 nitrogen and oxygen atoms in total. The molecular weight excluding hydrogens is 445 g/mol. The minimum Gasteiger partial charge on any atom is -0.488 e. The molecule has 1 saturated carbocycles. The zero-order valence-electron chi connectivity index (χ0n) is 15.3. The predicted octanol–water partition coefficient (Wildman–Crippen LogP) is 1.95. The summed E-state index contributed by atoms with van der Waals surface area (Å²) in [5.74, 6) is 2.38. The van der Waals surface area contributed by atoms with E-state index in [0.717, 1.165) is 25.3 Å².